The summed E-state index contributed by atoms with van der Waals surface area (Å²) in [6, 6.07) is 0. The molecule has 11 heavy (non-hydrogen) atoms. The first-order valence-electron chi connectivity index (χ1n) is 4.32. The van der Waals surface area contributed by atoms with E-state index in [1.54, 1.807) is 0 Å². The summed E-state index contributed by atoms with van der Waals surface area (Å²) in [7, 11) is 0. The quantitative estimate of drug-likeness (QED) is 0.527. The largest absolute Gasteiger partial charge is 0.299 e. The molecule has 0 heterocycles. The zero-order valence-electron chi connectivity index (χ0n) is 7.34. The standard InChI is InChI=1S/C10H16O/c1-4-9-5-6-10(11)8(3)7(9)2/h4,7-9H,1,5-6H2,2-3H3. The van der Waals surface area contributed by atoms with Gasteiger partial charge in [-0.25, -0.2) is 0 Å². The van der Waals surface area contributed by atoms with Gasteiger partial charge in [-0.15, -0.1) is 6.58 Å². The lowest BCUT2D eigenvalue weighted by Crippen LogP contribution is -2.30. The van der Waals surface area contributed by atoms with E-state index in [0.717, 1.165) is 12.8 Å². The monoisotopic (exact) mass is 152 g/mol. The Labute approximate surface area is 68.5 Å². The lowest BCUT2D eigenvalue weighted by molar-refractivity contribution is -0.126. The van der Waals surface area contributed by atoms with Crippen molar-refractivity contribution in [3.05, 3.63) is 12.7 Å². The van der Waals surface area contributed by atoms with Crippen LogP contribution >= 0.6 is 0 Å². The zero-order chi connectivity index (χ0) is 8.43. The zero-order valence-corrected chi connectivity index (χ0v) is 7.34. The second-order valence-electron chi connectivity index (χ2n) is 3.55. The van der Waals surface area contributed by atoms with Crippen molar-refractivity contribution < 1.29 is 4.79 Å². The molecular formula is C10H16O. The fourth-order valence-electron chi connectivity index (χ4n) is 1.80. The van der Waals surface area contributed by atoms with Crippen LogP contribution in [0.25, 0.3) is 0 Å². The number of rotatable bonds is 1. The second-order valence-corrected chi connectivity index (χ2v) is 3.55. The van der Waals surface area contributed by atoms with Crippen LogP contribution in [0, 0.1) is 17.8 Å². The van der Waals surface area contributed by atoms with Crippen LogP contribution in [0.4, 0.5) is 0 Å². The van der Waals surface area contributed by atoms with Crippen molar-refractivity contribution in [2.45, 2.75) is 26.7 Å². The van der Waals surface area contributed by atoms with E-state index in [2.05, 4.69) is 13.5 Å². The molecule has 0 aromatic heterocycles. The van der Waals surface area contributed by atoms with E-state index in [0.29, 0.717) is 17.6 Å². The van der Waals surface area contributed by atoms with Gasteiger partial charge in [0.15, 0.2) is 0 Å². The van der Waals surface area contributed by atoms with E-state index in [9.17, 15) is 4.79 Å². The van der Waals surface area contributed by atoms with Crippen molar-refractivity contribution in [3.63, 3.8) is 0 Å². The van der Waals surface area contributed by atoms with Crippen LogP contribution in [0.1, 0.15) is 26.7 Å². The van der Waals surface area contributed by atoms with Gasteiger partial charge in [0.05, 0.1) is 0 Å². The summed E-state index contributed by atoms with van der Waals surface area (Å²) in [4.78, 5) is 11.2. The molecule has 0 saturated heterocycles. The molecule has 0 N–H and O–H groups in total. The molecule has 1 aliphatic rings. The topological polar surface area (TPSA) is 17.1 Å². The van der Waals surface area contributed by atoms with Crippen LogP contribution < -0.4 is 0 Å². The average Bonchev–Trinajstić information content (AvgIpc) is 2.01. The van der Waals surface area contributed by atoms with Crippen LogP contribution in [-0.4, -0.2) is 5.78 Å². The summed E-state index contributed by atoms with van der Waals surface area (Å²) in [6.07, 6.45) is 3.75. The average molecular weight is 152 g/mol. The number of allylic oxidation sites excluding steroid dienone is 1. The van der Waals surface area contributed by atoms with Gasteiger partial charge >= 0.3 is 0 Å². The Hall–Kier alpha value is -0.590. The fourth-order valence-corrected chi connectivity index (χ4v) is 1.80. The number of ketones is 1. The molecule has 1 fully saturated rings. The van der Waals surface area contributed by atoms with Gasteiger partial charge in [-0.1, -0.05) is 19.9 Å². The van der Waals surface area contributed by atoms with E-state index in [4.69, 9.17) is 0 Å². The Morgan fingerprint density at radius 3 is 2.73 bits per heavy atom. The Bertz CT molecular complexity index is 170. The van der Waals surface area contributed by atoms with Crippen LogP contribution in [-0.2, 0) is 4.79 Å². The Morgan fingerprint density at radius 2 is 2.18 bits per heavy atom. The number of Topliss-reactive ketones (excluding diaryl/α,β-unsaturated/α-hetero) is 1. The third kappa shape index (κ3) is 1.52. The van der Waals surface area contributed by atoms with E-state index in [1.807, 2.05) is 13.0 Å². The van der Waals surface area contributed by atoms with E-state index < -0.39 is 0 Å². The highest BCUT2D eigenvalue weighted by Crippen LogP contribution is 2.32. The molecule has 0 aliphatic heterocycles. The van der Waals surface area contributed by atoms with Crippen LogP contribution in [0.15, 0.2) is 12.7 Å². The third-order valence-electron chi connectivity index (χ3n) is 3.00. The molecule has 0 amide bonds. The molecule has 0 bridgehead atoms. The molecule has 1 heteroatoms. The normalized spacial score (nSPS) is 38.7. The molecule has 0 spiro atoms. The summed E-state index contributed by atoms with van der Waals surface area (Å²) in [5.41, 5.74) is 0. The summed E-state index contributed by atoms with van der Waals surface area (Å²) in [5.74, 6) is 1.72. The first kappa shape index (κ1) is 8.51. The first-order valence-corrected chi connectivity index (χ1v) is 4.32. The van der Waals surface area contributed by atoms with Gasteiger partial charge in [-0.05, 0) is 18.3 Å². The number of carbonyl (C=O) groups excluding carboxylic acids is 1. The van der Waals surface area contributed by atoms with E-state index in [-0.39, 0.29) is 5.92 Å². The second kappa shape index (κ2) is 3.21. The summed E-state index contributed by atoms with van der Waals surface area (Å²) < 4.78 is 0. The molecule has 0 aromatic carbocycles. The van der Waals surface area contributed by atoms with Crippen molar-refractivity contribution >= 4 is 5.78 Å². The lowest BCUT2D eigenvalue weighted by atomic mass is 9.73. The molecule has 3 unspecified atom stereocenters. The molecule has 62 valence electrons. The Balaban J connectivity index is 2.66. The first-order chi connectivity index (χ1) is 5.16. The van der Waals surface area contributed by atoms with Gasteiger partial charge in [0.2, 0.25) is 0 Å². The smallest absolute Gasteiger partial charge is 0.136 e. The van der Waals surface area contributed by atoms with Gasteiger partial charge in [-0.3, -0.25) is 4.79 Å². The maximum absolute atomic E-state index is 11.2. The SMILES string of the molecule is C=CC1CCC(=O)C(C)C1C. The number of hydrogen-bond acceptors (Lipinski definition) is 1. The van der Waals surface area contributed by atoms with Gasteiger partial charge < -0.3 is 0 Å². The van der Waals surface area contributed by atoms with Crippen LogP contribution in [0.5, 0.6) is 0 Å². The molecule has 1 rings (SSSR count). The van der Waals surface area contributed by atoms with Gasteiger partial charge in [0.1, 0.15) is 5.78 Å². The van der Waals surface area contributed by atoms with Gasteiger partial charge in [0, 0.05) is 12.3 Å². The van der Waals surface area contributed by atoms with Crippen molar-refractivity contribution in [1.82, 2.24) is 0 Å². The number of hydrogen-bond donors (Lipinski definition) is 0. The maximum atomic E-state index is 11.2. The van der Waals surface area contributed by atoms with E-state index in [1.165, 1.54) is 0 Å². The Kier molecular flexibility index (Phi) is 2.48. The minimum Gasteiger partial charge on any atom is -0.299 e. The molecule has 0 aromatic rings. The van der Waals surface area contributed by atoms with Gasteiger partial charge in [0.25, 0.3) is 0 Å². The minimum absolute atomic E-state index is 0.242. The Morgan fingerprint density at radius 1 is 1.55 bits per heavy atom. The van der Waals surface area contributed by atoms with Crippen LogP contribution in [0.3, 0.4) is 0 Å². The van der Waals surface area contributed by atoms with E-state index >= 15 is 0 Å². The highest BCUT2D eigenvalue weighted by atomic mass is 16.1. The molecule has 3 atom stereocenters. The highest BCUT2D eigenvalue weighted by molar-refractivity contribution is 5.81. The highest BCUT2D eigenvalue weighted by Gasteiger charge is 2.30. The molecule has 1 saturated carbocycles. The predicted molar refractivity (Wildman–Crippen MR) is 46.3 cm³/mol. The van der Waals surface area contributed by atoms with Crippen LogP contribution in [0.2, 0.25) is 0 Å². The summed E-state index contributed by atoms with van der Waals surface area (Å²) in [6.45, 7) is 7.96. The van der Waals surface area contributed by atoms with Crippen molar-refractivity contribution in [1.29, 1.82) is 0 Å². The predicted octanol–water partition coefficient (Wildman–Crippen LogP) is 2.42. The maximum Gasteiger partial charge on any atom is 0.136 e. The lowest BCUT2D eigenvalue weighted by Gasteiger charge is -2.30. The molecule has 0 radical (unpaired) electrons. The van der Waals surface area contributed by atoms with Crippen molar-refractivity contribution in [2.75, 3.05) is 0 Å². The number of carbonyl (C=O) groups is 1. The molecule has 1 aliphatic carbocycles. The minimum atomic E-state index is 0.242. The third-order valence-corrected chi connectivity index (χ3v) is 3.00. The fraction of sp³-hybridized carbons (Fsp3) is 0.700. The summed E-state index contributed by atoms with van der Waals surface area (Å²) in [5, 5.41) is 0. The van der Waals surface area contributed by atoms with Crippen molar-refractivity contribution in [2.24, 2.45) is 17.8 Å². The van der Waals surface area contributed by atoms with Gasteiger partial charge in [-0.2, -0.15) is 0 Å². The summed E-state index contributed by atoms with van der Waals surface area (Å²) >= 11 is 0. The molecule has 1 nitrogen and oxygen atoms in total. The molecular weight excluding hydrogens is 136 g/mol. The van der Waals surface area contributed by atoms with Crippen molar-refractivity contribution in [3.8, 4) is 0 Å².